The van der Waals surface area contributed by atoms with Crippen molar-refractivity contribution < 1.29 is 19.3 Å². The Kier molecular flexibility index (Phi) is 4.84. The minimum Gasteiger partial charge on any atom is -0.394 e. The topological polar surface area (TPSA) is 105 Å². The zero-order chi connectivity index (χ0) is 15.7. The lowest BCUT2D eigenvalue weighted by Gasteiger charge is -2.15. The molecule has 0 amide bonds. The number of aromatic nitrogens is 2. The van der Waals surface area contributed by atoms with Crippen LogP contribution < -0.4 is 11.2 Å². The Morgan fingerprint density at radius 1 is 1.52 bits per heavy atom. The molecule has 3 atom stereocenters. The van der Waals surface area contributed by atoms with Gasteiger partial charge in [-0.1, -0.05) is 23.2 Å². The number of hydrogen-bond acceptors (Lipinski definition) is 5. The number of H-pyrrole nitrogens is 1. The highest BCUT2D eigenvalue weighted by molar-refractivity contribution is 6.58. The normalized spacial score (nSPS) is 25.1. The molecule has 7 nitrogen and oxygen atoms in total. The van der Waals surface area contributed by atoms with E-state index < -0.39 is 52.2 Å². The fraction of sp³-hybridized carbons (Fsp3) is 0.455. The highest BCUT2D eigenvalue weighted by atomic mass is 35.5. The maximum Gasteiger partial charge on any atom is 0.330 e. The minimum absolute atomic E-state index is 0.00342. The second-order valence-corrected chi connectivity index (χ2v) is 5.35. The van der Waals surface area contributed by atoms with Gasteiger partial charge in [-0.05, 0) is 0 Å². The second kappa shape index (κ2) is 6.29. The molecular formula is C11H11Cl2FN2O5. The van der Waals surface area contributed by atoms with Gasteiger partial charge in [-0.2, -0.15) is 0 Å². The van der Waals surface area contributed by atoms with Gasteiger partial charge in [-0.3, -0.25) is 14.3 Å². The number of aromatic amines is 1. The Balaban J connectivity index is 2.47. The Hall–Kier alpha value is -1.19. The van der Waals surface area contributed by atoms with Crippen molar-refractivity contribution in [3.05, 3.63) is 37.1 Å². The van der Waals surface area contributed by atoms with Crippen LogP contribution in [0.15, 0.2) is 20.3 Å². The van der Waals surface area contributed by atoms with E-state index in [1.54, 1.807) is 0 Å². The number of aliphatic hydroxyl groups excluding tert-OH is 2. The molecule has 1 aromatic rings. The monoisotopic (exact) mass is 340 g/mol. The average Bonchev–Trinajstić information content (AvgIpc) is 2.79. The Bertz CT molecular complexity index is 682. The molecule has 0 unspecified atom stereocenters. The van der Waals surface area contributed by atoms with E-state index >= 15 is 0 Å². The van der Waals surface area contributed by atoms with Gasteiger partial charge >= 0.3 is 5.69 Å². The molecule has 0 radical (unpaired) electrons. The highest BCUT2D eigenvalue weighted by Gasteiger charge is 2.35. The summed E-state index contributed by atoms with van der Waals surface area (Å²) < 4.78 is 19.1. The maximum absolute atomic E-state index is 13.7. The van der Waals surface area contributed by atoms with Crippen LogP contribution in [-0.2, 0) is 4.74 Å². The third kappa shape index (κ3) is 3.19. The van der Waals surface area contributed by atoms with Gasteiger partial charge < -0.3 is 14.9 Å². The van der Waals surface area contributed by atoms with Gasteiger partial charge in [0.2, 0.25) is 0 Å². The smallest absolute Gasteiger partial charge is 0.330 e. The van der Waals surface area contributed by atoms with Crippen molar-refractivity contribution in [3.63, 3.8) is 0 Å². The molecule has 1 aliphatic rings. The van der Waals surface area contributed by atoms with Gasteiger partial charge in [0.05, 0.1) is 18.3 Å². The molecule has 0 aromatic carbocycles. The standard InChI is InChI=1S/C11H11Cl2FN2O5/c12-9(13)8(14)4-2-16(11(20)15-10(4)19)7-1-5(18)6(3-17)21-7/h2,5-7,17-18H,1,3H2,(H,15,19,20)/t5-,6+,7-/m0/s1. The molecule has 21 heavy (non-hydrogen) atoms. The van der Waals surface area contributed by atoms with Crippen molar-refractivity contribution in [3.8, 4) is 0 Å². The Morgan fingerprint density at radius 2 is 2.19 bits per heavy atom. The number of halogens is 3. The number of nitrogens with zero attached hydrogens (tertiary/aromatic N) is 1. The van der Waals surface area contributed by atoms with Crippen molar-refractivity contribution in [2.45, 2.75) is 24.9 Å². The van der Waals surface area contributed by atoms with E-state index in [1.165, 1.54) is 0 Å². The van der Waals surface area contributed by atoms with Gasteiger partial charge in [0.1, 0.15) is 16.8 Å². The number of aliphatic hydroxyl groups is 2. The number of nitrogens with one attached hydrogen (secondary N) is 1. The molecule has 2 heterocycles. The third-order valence-corrected chi connectivity index (χ3v) is 3.40. The van der Waals surface area contributed by atoms with Gasteiger partial charge in [0.25, 0.3) is 5.56 Å². The maximum atomic E-state index is 13.7. The molecule has 0 saturated carbocycles. The van der Waals surface area contributed by atoms with E-state index in [9.17, 15) is 19.1 Å². The van der Waals surface area contributed by atoms with Crippen molar-refractivity contribution >= 4 is 29.0 Å². The quantitative estimate of drug-likeness (QED) is 0.731. The first kappa shape index (κ1) is 16.2. The first-order chi connectivity index (χ1) is 9.85. The average molecular weight is 341 g/mol. The molecule has 0 aliphatic carbocycles. The number of rotatable bonds is 3. The van der Waals surface area contributed by atoms with Crippen LogP contribution in [0.25, 0.3) is 5.83 Å². The predicted octanol–water partition coefficient (Wildman–Crippen LogP) is 0.250. The van der Waals surface area contributed by atoms with Crippen LogP contribution in [-0.4, -0.2) is 38.6 Å². The summed E-state index contributed by atoms with van der Waals surface area (Å²) in [5, 5.41) is 18.6. The fourth-order valence-corrected chi connectivity index (χ4v) is 2.21. The molecule has 116 valence electrons. The van der Waals surface area contributed by atoms with Crippen LogP contribution in [0.3, 0.4) is 0 Å². The van der Waals surface area contributed by atoms with Crippen LogP contribution in [0.1, 0.15) is 18.2 Å². The molecular weight excluding hydrogens is 330 g/mol. The second-order valence-electron chi connectivity index (χ2n) is 4.40. The van der Waals surface area contributed by atoms with Crippen LogP contribution in [0.4, 0.5) is 4.39 Å². The van der Waals surface area contributed by atoms with E-state index in [-0.39, 0.29) is 6.42 Å². The first-order valence-corrected chi connectivity index (χ1v) is 6.61. The third-order valence-electron chi connectivity index (χ3n) is 3.06. The van der Waals surface area contributed by atoms with Gasteiger partial charge in [0.15, 0.2) is 5.83 Å². The van der Waals surface area contributed by atoms with Crippen LogP contribution in [0.2, 0.25) is 0 Å². The summed E-state index contributed by atoms with van der Waals surface area (Å²) in [5.41, 5.74) is -2.39. The first-order valence-electron chi connectivity index (χ1n) is 5.86. The summed E-state index contributed by atoms with van der Waals surface area (Å²) in [6.07, 6.45) is -1.91. The van der Waals surface area contributed by atoms with Crippen LogP contribution in [0.5, 0.6) is 0 Å². The summed E-state index contributed by atoms with van der Waals surface area (Å²) in [6.45, 7) is -0.440. The highest BCUT2D eigenvalue weighted by Crippen LogP contribution is 2.28. The van der Waals surface area contributed by atoms with Gasteiger partial charge in [-0.25, -0.2) is 9.18 Å². The van der Waals surface area contributed by atoms with E-state index in [0.29, 0.717) is 0 Å². The zero-order valence-electron chi connectivity index (χ0n) is 10.4. The lowest BCUT2D eigenvalue weighted by Crippen LogP contribution is -2.34. The van der Waals surface area contributed by atoms with E-state index in [2.05, 4.69) is 0 Å². The Morgan fingerprint density at radius 3 is 2.71 bits per heavy atom. The van der Waals surface area contributed by atoms with Crippen molar-refractivity contribution in [1.82, 2.24) is 9.55 Å². The SMILES string of the molecule is O=c1[nH]c(=O)n([C@@H]2C[C@H](O)[C@@H](CO)O2)cc1C(F)=C(Cl)Cl. The largest absolute Gasteiger partial charge is 0.394 e. The molecule has 1 aromatic heterocycles. The van der Waals surface area contributed by atoms with E-state index in [1.807, 2.05) is 4.98 Å². The minimum atomic E-state index is -1.19. The lowest BCUT2D eigenvalue weighted by molar-refractivity contribution is -0.0459. The molecule has 0 bridgehead atoms. The molecule has 2 rings (SSSR count). The van der Waals surface area contributed by atoms with E-state index in [4.69, 9.17) is 33.0 Å². The van der Waals surface area contributed by atoms with Crippen LogP contribution >= 0.6 is 23.2 Å². The van der Waals surface area contributed by atoms with Crippen molar-refractivity contribution in [2.24, 2.45) is 0 Å². The molecule has 1 fully saturated rings. The Labute approximate surface area is 127 Å². The predicted molar refractivity (Wildman–Crippen MR) is 72.7 cm³/mol. The van der Waals surface area contributed by atoms with Gasteiger partial charge in [-0.15, -0.1) is 0 Å². The summed E-state index contributed by atoms with van der Waals surface area (Å²) in [4.78, 5) is 25.2. The van der Waals surface area contributed by atoms with Crippen LogP contribution in [0, 0.1) is 0 Å². The molecule has 10 heteroatoms. The molecule has 3 N–H and O–H groups in total. The van der Waals surface area contributed by atoms with Gasteiger partial charge in [0, 0.05) is 12.6 Å². The van der Waals surface area contributed by atoms with E-state index in [0.717, 1.165) is 10.8 Å². The fourth-order valence-electron chi connectivity index (χ4n) is 2.01. The molecule has 0 spiro atoms. The van der Waals surface area contributed by atoms with Crippen molar-refractivity contribution in [1.29, 1.82) is 0 Å². The summed E-state index contributed by atoms with van der Waals surface area (Å²) in [6, 6.07) is 0. The number of ether oxygens (including phenoxy) is 1. The summed E-state index contributed by atoms with van der Waals surface area (Å²) in [5.74, 6) is -1.19. The van der Waals surface area contributed by atoms with Crippen molar-refractivity contribution in [2.75, 3.05) is 6.61 Å². The number of hydrogen-bond donors (Lipinski definition) is 3. The lowest BCUT2D eigenvalue weighted by atomic mass is 10.2. The molecule has 1 saturated heterocycles. The zero-order valence-corrected chi connectivity index (χ0v) is 11.9. The summed E-state index contributed by atoms with van der Waals surface area (Å²) >= 11 is 10.6. The summed E-state index contributed by atoms with van der Waals surface area (Å²) in [7, 11) is 0. The molecule has 1 aliphatic heterocycles.